The van der Waals surface area contributed by atoms with Crippen molar-refractivity contribution >= 4 is 11.4 Å². The molecule has 0 aromatic carbocycles. The zero-order valence-corrected chi connectivity index (χ0v) is 15.7. The number of anilines is 2. The van der Waals surface area contributed by atoms with Gasteiger partial charge in [0.2, 0.25) is 0 Å². The normalized spacial score (nSPS) is 30.3. The van der Waals surface area contributed by atoms with E-state index in [9.17, 15) is 0 Å². The van der Waals surface area contributed by atoms with Crippen molar-refractivity contribution in [1.29, 1.82) is 0 Å². The highest BCUT2D eigenvalue weighted by Gasteiger charge is 2.35. The standard InChI is InChI=1S/C21H27N5O/c1-13-6-16(22)12-25(10-13)17-4-5-24-9-19(17)26-11-15(14-2-3-14)7-20-18(26)8-21(23)27-20/h4-5,7-9,11,13-14,16,21H,2-3,6,10,12,22-23H2,1H3. The summed E-state index contributed by atoms with van der Waals surface area (Å²) in [6, 6.07) is 2.30. The molecule has 0 bridgehead atoms. The van der Waals surface area contributed by atoms with Gasteiger partial charge in [-0.2, -0.15) is 0 Å². The van der Waals surface area contributed by atoms with Crippen molar-refractivity contribution in [2.24, 2.45) is 23.3 Å². The van der Waals surface area contributed by atoms with Crippen LogP contribution in [0.25, 0.3) is 0 Å². The molecule has 1 aromatic rings. The van der Waals surface area contributed by atoms with Crippen LogP contribution in [0.4, 0.5) is 11.4 Å². The van der Waals surface area contributed by atoms with E-state index >= 15 is 0 Å². The summed E-state index contributed by atoms with van der Waals surface area (Å²) in [4.78, 5) is 9.03. The van der Waals surface area contributed by atoms with E-state index in [4.69, 9.17) is 16.2 Å². The predicted octanol–water partition coefficient (Wildman–Crippen LogP) is 2.45. The summed E-state index contributed by atoms with van der Waals surface area (Å²) in [6.07, 6.45) is 13.3. The second-order valence-electron chi connectivity index (χ2n) is 8.29. The molecule has 2 fully saturated rings. The van der Waals surface area contributed by atoms with Gasteiger partial charge in [0.15, 0.2) is 6.23 Å². The fourth-order valence-corrected chi connectivity index (χ4v) is 4.46. The number of ether oxygens (including phenoxy) is 1. The molecule has 4 heterocycles. The van der Waals surface area contributed by atoms with Gasteiger partial charge < -0.3 is 20.3 Å². The number of aromatic nitrogens is 1. The minimum absolute atomic E-state index is 0.201. The van der Waals surface area contributed by atoms with Crippen LogP contribution in [-0.2, 0) is 4.74 Å². The molecule has 4 N–H and O–H groups in total. The maximum Gasteiger partial charge on any atom is 0.169 e. The number of allylic oxidation sites excluding steroid dienone is 2. The van der Waals surface area contributed by atoms with Crippen LogP contribution < -0.4 is 21.3 Å². The van der Waals surface area contributed by atoms with Crippen LogP contribution in [0.5, 0.6) is 0 Å². The molecule has 3 atom stereocenters. The van der Waals surface area contributed by atoms with E-state index in [0.717, 1.165) is 36.7 Å². The molecule has 6 nitrogen and oxygen atoms in total. The summed E-state index contributed by atoms with van der Waals surface area (Å²) in [6.45, 7) is 4.15. The van der Waals surface area contributed by atoms with Crippen molar-refractivity contribution in [3.05, 3.63) is 53.8 Å². The first kappa shape index (κ1) is 16.8. The number of piperidine rings is 1. The molecule has 3 aliphatic heterocycles. The van der Waals surface area contributed by atoms with Crippen molar-refractivity contribution in [1.82, 2.24) is 4.98 Å². The average Bonchev–Trinajstić information content (AvgIpc) is 3.41. The summed E-state index contributed by atoms with van der Waals surface area (Å²) in [5.41, 5.74) is 16.9. The molecule has 142 valence electrons. The van der Waals surface area contributed by atoms with E-state index < -0.39 is 6.23 Å². The van der Waals surface area contributed by atoms with E-state index in [1.807, 2.05) is 18.5 Å². The third-order valence-electron chi connectivity index (χ3n) is 5.79. The van der Waals surface area contributed by atoms with Gasteiger partial charge in [0.25, 0.3) is 0 Å². The smallest absolute Gasteiger partial charge is 0.169 e. The SMILES string of the molecule is CC1CC(N)CN(c2ccncc2N2C=C(C3CC3)C=C3OC(N)C=C32)C1. The minimum Gasteiger partial charge on any atom is -0.470 e. The van der Waals surface area contributed by atoms with Gasteiger partial charge in [0.05, 0.1) is 23.3 Å². The van der Waals surface area contributed by atoms with Gasteiger partial charge in [-0.15, -0.1) is 0 Å². The lowest BCUT2D eigenvalue weighted by atomic mass is 9.96. The minimum atomic E-state index is -0.399. The number of hydrogen-bond acceptors (Lipinski definition) is 6. The molecule has 1 saturated heterocycles. The van der Waals surface area contributed by atoms with E-state index in [1.165, 1.54) is 24.1 Å². The molecule has 3 unspecified atom stereocenters. The Bertz CT molecular complexity index is 831. The van der Waals surface area contributed by atoms with Gasteiger partial charge >= 0.3 is 0 Å². The van der Waals surface area contributed by atoms with Crippen LogP contribution in [0.1, 0.15) is 26.2 Å². The molecule has 1 aliphatic carbocycles. The first-order chi connectivity index (χ1) is 13.1. The van der Waals surface area contributed by atoms with Crippen LogP contribution in [0, 0.1) is 11.8 Å². The summed E-state index contributed by atoms with van der Waals surface area (Å²) in [5.74, 6) is 2.07. The lowest BCUT2D eigenvalue weighted by molar-refractivity contribution is 0.185. The lowest BCUT2D eigenvalue weighted by Gasteiger charge is -2.39. The molecule has 0 radical (unpaired) electrons. The van der Waals surface area contributed by atoms with Crippen molar-refractivity contribution in [3.8, 4) is 0 Å². The maximum atomic E-state index is 6.32. The average molecular weight is 365 g/mol. The van der Waals surface area contributed by atoms with Crippen LogP contribution in [0.15, 0.2) is 53.8 Å². The highest BCUT2D eigenvalue weighted by atomic mass is 16.5. The van der Waals surface area contributed by atoms with Gasteiger partial charge in [-0.05, 0) is 54.9 Å². The zero-order valence-electron chi connectivity index (χ0n) is 15.7. The molecule has 1 aromatic heterocycles. The third-order valence-corrected chi connectivity index (χ3v) is 5.79. The van der Waals surface area contributed by atoms with E-state index in [2.05, 4.69) is 40.0 Å². The van der Waals surface area contributed by atoms with Crippen molar-refractivity contribution in [2.75, 3.05) is 22.9 Å². The van der Waals surface area contributed by atoms with Gasteiger partial charge in [0.1, 0.15) is 5.76 Å². The van der Waals surface area contributed by atoms with Gasteiger partial charge in [-0.1, -0.05) is 6.92 Å². The Kier molecular flexibility index (Phi) is 3.98. The summed E-state index contributed by atoms with van der Waals surface area (Å²) < 4.78 is 5.85. The molecule has 27 heavy (non-hydrogen) atoms. The lowest BCUT2D eigenvalue weighted by Crippen LogP contribution is -2.46. The Balaban J connectivity index is 1.56. The Morgan fingerprint density at radius 1 is 1.19 bits per heavy atom. The first-order valence-electron chi connectivity index (χ1n) is 9.90. The molecular formula is C21H27N5O. The Morgan fingerprint density at radius 2 is 2.04 bits per heavy atom. The number of rotatable bonds is 3. The molecule has 6 heteroatoms. The molecule has 4 aliphatic rings. The maximum absolute atomic E-state index is 6.32. The van der Waals surface area contributed by atoms with Crippen molar-refractivity contribution in [3.63, 3.8) is 0 Å². The predicted molar refractivity (Wildman–Crippen MR) is 107 cm³/mol. The number of hydrogen-bond donors (Lipinski definition) is 2. The molecule has 0 spiro atoms. The first-order valence-corrected chi connectivity index (χ1v) is 9.90. The highest BCUT2D eigenvalue weighted by molar-refractivity contribution is 5.77. The zero-order chi connectivity index (χ0) is 18.5. The number of pyridine rings is 1. The van der Waals surface area contributed by atoms with Crippen LogP contribution >= 0.6 is 0 Å². The second-order valence-corrected chi connectivity index (χ2v) is 8.29. The molecule has 5 rings (SSSR count). The Morgan fingerprint density at radius 3 is 2.81 bits per heavy atom. The number of nitrogens with zero attached hydrogens (tertiary/aromatic N) is 3. The van der Waals surface area contributed by atoms with E-state index in [-0.39, 0.29) is 6.04 Å². The van der Waals surface area contributed by atoms with E-state index in [1.54, 1.807) is 0 Å². The quantitative estimate of drug-likeness (QED) is 0.856. The fraction of sp³-hybridized carbons (Fsp3) is 0.476. The van der Waals surface area contributed by atoms with Crippen molar-refractivity contribution in [2.45, 2.75) is 38.5 Å². The summed E-state index contributed by atoms with van der Waals surface area (Å²) in [5, 5.41) is 0. The van der Waals surface area contributed by atoms with Crippen LogP contribution in [0.3, 0.4) is 0 Å². The largest absolute Gasteiger partial charge is 0.470 e. The topological polar surface area (TPSA) is 80.6 Å². The number of nitrogens with two attached hydrogens (primary N) is 2. The molecular weight excluding hydrogens is 338 g/mol. The monoisotopic (exact) mass is 365 g/mol. The van der Waals surface area contributed by atoms with Gasteiger partial charge in [0, 0.05) is 31.5 Å². The summed E-state index contributed by atoms with van der Waals surface area (Å²) in [7, 11) is 0. The second kappa shape index (κ2) is 6.39. The van der Waals surface area contributed by atoms with Crippen LogP contribution in [0.2, 0.25) is 0 Å². The molecule has 0 amide bonds. The Labute approximate surface area is 160 Å². The fourth-order valence-electron chi connectivity index (χ4n) is 4.46. The highest BCUT2D eigenvalue weighted by Crippen LogP contribution is 2.45. The molecule has 1 saturated carbocycles. The van der Waals surface area contributed by atoms with Crippen molar-refractivity contribution < 1.29 is 4.74 Å². The van der Waals surface area contributed by atoms with Crippen LogP contribution in [-0.4, -0.2) is 30.3 Å². The van der Waals surface area contributed by atoms with E-state index in [0.29, 0.717) is 11.8 Å². The third kappa shape index (κ3) is 3.13. The van der Waals surface area contributed by atoms with Gasteiger partial charge in [-0.25, -0.2) is 0 Å². The Hall–Kier alpha value is -2.31. The summed E-state index contributed by atoms with van der Waals surface area (Å²) >= 11 is 0. The van der Waals surface area contributed by atoms with Gasteiger partial charge in [-0.3, -0.25) is 10.7 Å². The number of fused-ring (bicyclic) bond motifs is 1.